The number of nitrogens with two attached hydrogens (primary N) is 1. The summed E-state index contributed by atoms with van der Waals surface area (Å²) < 4.78 is 0. The summed E-state index contributed by atoms with van der Waals surface area (Å²) >= 11 is 0. The number of hydrogen-bond donors (Lipinski definition) is 2. The van der Waals surface area contributed by atoms with E-state index >= 15 is 0 Å². The van der Waals surface area contributed by atoms with Gasteiger partial charge in [0.05, 0.1) is 6.04 Å². The second-order valence-corrected chi connectivity index (χ2v) is 3.29. The number of hydrogen-bond acceptors (Lipinski definition) is 3. The van der Waals surface area contributed by atoms with E-state index in [1.165, 1.54) is 11.8 Å². The van der Waals surface area contributed by atoms with Gasteiger partial charge in [-0.1, -0.05) is 0 Å². The highest BCUT2D eigenvalue weighted by Crippen LogP contribution is 2.13. The molecular weight excluding hydrogens is 172 g/mol. The van der Waals surface area contributed by atoms with E-state index < -0.39 is 18.1 Å². The zero-order valence-electron chi connectivity index (χ0n) is 7.56. The zero-order valence-corrected chi connectivity index (χ0v) is 7.56. The van der Waals surface area contributed by atoms with Gasteiger partial charge in [0.25, 0.3) is 0 Å². The Balaban J connectivity index is 2.68. The standard InChI is InChI=1S/C8H14N2O3/c1-5(8(12)13)10-4-2-3-6(9)7(10)11/h5-6H,2-4,9H2,1H3,(H,12,13). The van der Waals surface area contributed by atoms with Gasteiger partial charge in [0, 0.05) is 6.54 Å². The number of carbonyl (C=O) groups is 2. The van der Waals surface area contributed by atoms with Crippen molar-refractivity contribution >= 4 is 11.9 Å². The van der Waals surface area contributed by atoms with Crippen molar-refractivity contribution < 1.29 is 14.7 Å². The maximum atomic E-state index is 11.4. The molecule has 2 unspecified atom stereocenters. The lowest BCUT2D eigenvalue weighted by molar-refractivity contribution is -0.151. The van der Waals surface area contributed by atoms with E-state index in [-0.39, 0.29) is 5.91 Å². The van der Waals surface area contributed by atoms with Gasteiger partial charge in [0.1, 0.15) is 6.04 Å². The molecule has 2 atom stereocenters. The Bertz CT molecular complexity index is 229. The molecule has 0 aromatic rings. The van der Waals surface area contributed by atoms with Crippen LogP contribution in [-0.4, -0.2) is 40.5 Å². The number of aliphatic carboxylic acids is 1. The first-order valence-electron chi connectivity index (χ1n) is 4.33. The molecule has 13 heavy (non-hydrogen) atoms. The minimum Gasteiger partial charge on any atom is -0.480 e. The normalized spacial score (nSPS) is 25.8. The quantitative estimate of drug-likeness (QED) is 0.603. The van der Waals surface area contributed by atoms with Crippen LogP contribution < -0.4 is 5.73 Å². The van der Waals surface area contributed by atoms with Crippen molar-refractivity contribution in [2.24, 2.45) is 5.73 Å². The highest BCUT2D eigenvalue weighted by Gasteiger charge is 2.31. The lowest BCUT2D eigenvalue weighted by atomic mass is 10.0. The highest BCUT2D eigenvalue weighted by atomic mass is 16.4. The number of nitrogens with zero attached hydrogens (tertiary/aromatic N) is 1. The molecule has 0 aromatic carbocycles. The van der Waals surface area contributed by atoms with Crippen LogP contribution in [0.25, 0.3) is 0 Å². The molecule has 1 aliphatic heterocycles. The van der Waals surface area contributed by atoms with Crippen LogP contribution >= 0.6 is 0 Å². The van der Waals surface area contributed by atoms with Crippen LogP contribution in [0.15, 0.2) is 0 Å². The van der Waals surface area contributed by atoms with Crippen molar-refractivity contribution in [2.45, 2.75) is 31.8 Å². The number of piperidine rings is 1. The van der Waals surface area contributed by atoms with E-state index in [0.29, 0.717) is 13.0 Å². The summed E-state index contributed by atoms with van der Waals surface area (Å²) in [5.74, 6) is -1.23. The molecule has 1 aliphatic rings. The Labute approximate surface area is 76.5 Å². The summed E-state index contributed by atoms with van der Waals surface area (Å²) in [5.41, 5.74) is 5.52. The molecule has 0 aromatic heterocycles. The molecule has 0 bridgehead atoms. The molecule has 0 saturated carbocycles. The van der Waals surface area contributed by atoms with Gasteiger partial charge in [0.2, 0.25) is 5.91 Å². The van der Waals surface area contributed by atoms with Crippen molar-refractivity contribution in [3.8, 4) is 0 Å². The smallest absolute Gasteiger partial charge is 0.326 e. The summed E-state index contributed by atoms with van der Waals surface area (Å²) in [6, 6.07) is -1.28. The second-order valence-electron chi connectivity index (χ2n) is 3.29. The predicted molar refractivity (Wildman–Crippen MR) is 46.0 cm³/mol. The monoisotopic (exact) mass is 186 g/mol. The van der Waals surface area contributed by atoms with Crippen LogP contribution in [0.1, 0.15) is 19.8 Å². The molecule has 5 heteroatoms. The van der Waals surface area contributed by atoms with Gasteiger partial charge >= 0.3 is 5.97 Å². The fourth-order valence-corrected chi connectivity index (χ4v) is 1.45. The molecule has 5 nitrogen and oxygen atoms in total. The molecule has 0 spiro atoms. The van der Waals surface area contributed by atoms with Crippen molar-refractivity contribution in [3.63, 3.8) is 0 Å². The van der Waals surface area contributed by atoms with Crippen LogP contribution in [0.5, 0.6) is 0 Å². The molecule has 0 aliphatic carbocycles. The third-order valence-electron chi connectivity index (χ3n) is 2.34. The molecule has 0 radical (unpaired) electrons. The zero-order chi connectivity index (χ0) is 10.0. The molecule has 1 amide bonds. The third kappa shape index (κ3) is 1.98. The van der Waals surface area contributed by atoms with Gasteiger partial charge in [-0.25, -0.2) is 4.79 Å². The van der Waals surface area contributed by atoms with E-state index in [2.05, 4.69) is 0 Å². The number of amides is 1. The Kier molecular flexibility index (Phi) is 2.87. The lowest BCUT2D eigenvalue weighted by Crippen LogP contribution is -2.53. The maximum absolute atomic E-state index is 11.4. The fraction of sp³-hybridized carbons (Fsp3) is 0.750. The summed E-state index contributed by atoms with van der Waals surface area (Å²) in [7, 11) is 0. The SMILES string of the molecule is CC(C(=O)O)N1CCCC(N)C1=O. The molecule has 1 heterocycles. The molecule has 3 N–H and O–H groups in total. The summed E-state index contributed by atoms with van der Waals surface area (Å²) in [5, 5.41) is 8.70. The van der Waals surface area contributed by atoms with Crippen molar-refractivity contribution in [1.82, 2.24) is 4.90 Å². The average Bonchev–Trinajstić information content (AvgIpc) is 2.08. The Morgan fingerprint density at radius 3 is 2.92 bits per heavy atom. The van der Waals surface area contributed by atoms with Gasteiger partial charge in [-0.3, -0.25) is 4.79 Å². The van der Waals surface area contributed by atoms with Crippen LogP contribution in [0, 0.1) is 0 Å². The average molecular weight is 186 g/mol. The minimum absolute atomic E-state index is 0.249. The van der Waals surface area contributed by atoms with E-state index in [1.807, 2.05) is 0 Å². The van der Waals surface area contributed by atoms with Gasteiger partial charge in [-0.2, -0.15) is 0 Å². The fourth-order valence-electron chi connectivity index (χ4n) is 1.45. The first-order valence-corrected chi connectivity index (χ1v) is 4.33. The van der Waals surface area contributed by atoms with E-state index in [1.54, 1.807) is 0 Å². The van der Waals surface area contributed by atoms with Gasteiger partial charge < -0.3 is 15.7 Å². The summed E-state index contributed by atoms with van der Waals surface area (Å²) in [6.45, 7) is 2.00. The first kappa shape index (κ1) is 9.98. The van der Waals surface area contributed by atoms with Gasteiger partial charge in [0.15, 0.2) is 0 Å². The van der Waals surface area contributed by atoms with E-state index in [0.717, 1.165) is 6.42 Å². The Hall–Kier alpha value is -1.10. The Morgan fingerprint density at radius 1 is 1.77 bits per heavy atom. The van der Waals surface area contributed by atoms with Crippen LogP contribution in [0.4, 0.5) is 0 Å². The lowest BCUT2D eigenvalue weighted by Gasteiger charge is -2.33. The summed E-state index contributed by atoms with van der Waals surface area (Å²) in [4.78, 5) is 23.4. The topological polar surface area (TPSA) is 83.6 Å². The summed E-state index contributed by atoms with van der Waals surface area (Å²) in [6.07, 6.45) is 1.44. The first-order chi connectivity index (χ1) is 6.04. The highest BCUT2D eigenvalue weighted by molar-refractivity contribution is 5.87. The molecule has 1 fully saturated rings. The van der Waals surface area contributed by atoms with Gasteiger partial charge in [-0.05, 0) is 19.8 Å². The Morgan fingerprint density at radius 2 is 2.38 bits per heavy atom. The molecule has 1 saturated heterocycles. The minimum atomic E-state index is -0.984. The van der Waals surface area contributed by atoms with E-state index in [9.17, 15) is 9.59 Å². The van der Waals surface area contributed by atoms with Crippen molar-refractivity contribution in [1.29, 1.82) is 0 Å². The number of carboxylic acids is 1. The van der Waals surface area contributed by atoms with Gasteiger partial charge in [-0.15, -0.1) is 0 Å². The maximum Gasteiger partial charge on any atom is 0.326 e. The largest absolute Gasteiger partial charge is 0.480 e. The number of likely N-dealkylation sites (tertiary alicyclic amines) is 1. The number of rotatable bonds is 2. The van der Waals surface area contributed by atoms with E-state index in [4.69, 9.17) is 10.8 Å². The number of carboxylic acid groups (broad SMARTS) is 1. The predicted octanol–water partition coefficient (Wildman–Crippen LogP) is -0.591. The molecule has 1 rings (SSSR count). The van der Waals surface area contributed by atoms with Crippen LogP contribution in [0.3, 0.4) is 0 Å². The van der Waals surface area contributed by atoms with Crippen LogP contribution in [-0.2, 0) is 9.59 Å². The second kappa shape index (κ2) is 3.74. The van der Waals surface area contributed by atoms with Crippen molar-refractivity contribution in [3.05, 3.63) is 0 Å². The molecular formula is C8H14N2O3. The molecule has 74 valence electrons. The van der Waals surface area contributed by atoms with Crippen LogP contribution in [0.2, 0.25) is 0 Å². The number of carbonyl (C=O) groups excluding carboxylic acids is 1. The van der Waals surface area contributed by atoms with Crippen molar-refractivity contribution in [2.75, 3.05) is 6.54 Å². The third-order valence-corrected chi connectivity index (χ3v) is 2.34.